The Hall–Kier alpha value is -3.41. The maximum Gasteiger partial charge on any atom is 0.226 e. The Balaban J connectivity index is 1.42. The zero-order valence-corrected chi connectivity index (χ0v) is 16.0. The van der Waals surface area contributed by atoms with Gasteiger partial charge in [0, 0.05) is 11.8 Å². The zero-order chi connectivity index (χ0) is 19.5. The van der Waals surface area contributed by atoms with E-state index in [2.05, 4.69) is 34.3 Å². The maximum absolute atomic E-state index is 12.4. The van der Waals surface area contributed by atoms with Gasteiger partial charge in [0.1, 0.15) is 11.6 Å². The van der Waals surface area contributed by atoms with E-state index in [0.29, 0.717) is 23.9 Å². The molecule has 0 unspecified atom stereocenters. The SMILES string of the molecule is CCc1ccc(-c2nc(CC(=O)NCc3ncc4ccccn34)c(C)o2)cc1. The molecule has 6 nitrogen and oxygen atoms in total. The van der Waals surface area contributed by atoms with Crippen LogP contribution in [0.25, 0.3) is 17.0 Å². The van der Waals surface area contributed by atoms with Crippen molar-refractivity contribution < 1.29 is 9.21 Å². The van der Waals surface area contributed by atoms with Crippen LogP contribution in [0.4, 0.5) is 0 Å². The van der Waals surface area contributed by atoms with E-state index in [1.165, 1.54) is 5.56 Å². The molecule has 0 aliphatic heterocycles. The van der Waals surface area contributed by atoms with Crippen molar-refractivity contribution in [1.82, 2.24) is 19.7 Å². The molecule has 1 amide bonds. The van der Waals surface area contributed by atoms with Gasteiger partial charge in [-0.15, -0.1) is 0 Å². The van der Waals surface area contributed by atoms with Crippen molar-refractivity contribution in [2.24, 2.45) is 0 Å². The van der Waals surface area contributed by atoms with E-state index < -0.39 is 0 Å². The van der Waals surface area contributed by atoms with Crippen molar-refractivity contribution in [3.8, 4) is 11.5 Å². The monoisotopic (exact) mass is 374 g/mol. The van der Waals surface area contributed by atoms with Crippen LogP contribution in [-0.2, 0) is 24.2 Å². The number of rotatable bonds is 6. The minimum Gasteiger partial charge on any atom is -0.441 e. The summed E-state index contributed by atoms with van der Waals surface area (Å²) in [5, 5.41) is 2.91. The van der Waals surface area contributed by atoms with Crippen molar-refractivity contribution in [3.05, 3.63) is 77.7 Å². The number of hydrogen-bond acceptors (Lipinski definition) is 4. The number of fused-ring (bicyclic) bond motifs is 1. The number of aromatic nitrogens is 3. The summed E-state index contributed by atoms with van der Waals surface area (Å²) >= 11 is 0. The Morgan fingerprint density at radius 2 is 2.00 bits per heavy atom. The third-order valence-electron chi connectivity index (χ3n) is 4.79. The van der Waals surface area contributed by atoms with E-state index in [0.717, 1.165) is 23.3 Å². The molecular formula is C22H22N4O2. The molecule has 0 fully saturated rings. The van der Waals surface area contributed by atoms with Crippen molar-refractivity contribution in [1.29, 1.82) is 0 Å². The van der Waals surface area contributed by atoms with Crippen LogP contribution in [0.1, 0.15) is 29.8 Å². The highest BCUT2D eigenvalue weighted by Crippen LogP contribution is 2.22. The Morgan fingerprint density at radius 1 is 1.18 bits per heavy atom. The number of amides is 1. The van der Waals surface area contributed by atoms with E-state index >= 15 is 0 Å². The summed E-state index contributed by atoms with van der Waals surface area (Å²) in [5.74, 6) is 1.88. The van der Waals surface area contributed by atoms with Gasteiger partial charge >= 0.3 is 0 Å². The third-order valence-corrected chi connectivity index (χ3v) is 4.79. The molecule has 0 bridgehead atoms. The largest absolute Gasteiger partial charge is 0.441 e. The second-order valence-corrected chi connectivity index (χ2v) is 6.70. The fourth-order valence-corrected chi connectivity index (χ4v) is 3.12. The minimum atomic E-state index is -0.114. The lowest BCUT2D eigenvalue weighted by atomic mass is 10.1. The fourth-order valence-electron chi connectivity index (χ4n) is 3.12. The Labute approximate surface area is 163 Å². The van der Waals surface area contributed by atoms with Gasteiger partial charge in [-0.1, -0.05) is 25.1 Å². The molecule has 1 aromatic carbocycles. The Kier molecular flexibility index (Phi) is 4.93. The molecule has 0 aliphatic carbocycles. The van der Waals surface area contributed by atoms with Crippen LogP contribution in [0.15, 0.2) is 59.3 Å². The maximum atomic E-state index is 12.4. The number of pyridine rings is 1. The number of nitrogens with zero attached hydrogens (tertiary/aromatic N) is 3. The molecule has 3 aromatic heterocycles. The van der Waals surface area contributed by atoms with Gasteiger partial charge in [-0.25, -0.2) is 9.97 Å². The lowest BCUT2D eigenvalue weighted by molar-refractivity contribution is -0.120. The molecule has 0 saturated heterocycles. The number of oxazole rings is 1. The molecular weight excluding hydrogens is 352 g/mol. The predicted molar refractivity (Wildman–Crippen MR) is 107 cm³/mol. The highest BCUT2D eigenvalue weighted by atomic mass is 16.4. The molecule has 0 aliphatic rings. The Morgan fingerprint density at radius 3 is 2.79 bits per heavy atom. The summed E-state index contributed by atoms with van der Waals surface area (Å²) in [7, 11) is 0. The third kappa shape index (κ3) is 3.67. The van der Waals surface area contributed by atoms with E-state index in [-0.39, 0.29) is 12.3 Å². The summed E-state index contributed by atoms with van der Waals surface area (Å²) < 4.78 is 7.73. The molecule has 1 N–H and O–H groups in total. The molecule has 28 heavy (non-hydrogen) atoms. The molecule has 0 radical (unpaired) electrons. The van der Waals surface area contributed by atoms with Crippen LogP contribution in [-0.4, -0.2) is 20.3 Å². The molecule has 3 heterocycles. The van der Waals surface area contributed by atoms with Crippen LogP contribution in [0.3, 0.4) is 0 Å². The first-order valence-electron chi connectivity index (χ1n) is 9.37. The highest BCUT2D eigenvalue weighted by molar-refractivity contribution is 5.78. The average Bonchev–Trinajstić information content (AvgIpc) is 3.30. The van der Waals surface area contributed by atoms with Crippen LogP contribution in [0.2, 0.25) is 0 Å². The quantitative estimate of drug-likeness (QED) is 0.558. The van der Waals surface area contributed by atoms with Crippen LogP contribution in [0, 0.1) is 6.92 Å². The van der Waals surface area contributed by atoms with E-state index in [1.807, 2.05) is 47.9 Å². The van der Waals surface area contributed by atoms with Crippen molar-refractivity contribution in [2.75, 3.05) is 0 Å². The minimum absolute atomic E-state index is 0.114. The summed E-state index contributed by atoms with van der Waals surface area (Å²) in [5.41, 5.74) is 3.83. The first-order valence-corrected chi connectivity index (χ1v) is 9.37. The number of aryl methyl sites for hydroxylation is 2. The molecule has 142 valence electrons. The molecule has 4 rings (SSSR count). The van der Waals surface area contributed by atoms with Crippen molar-refractivity contribution in [2.45, 2.75) is 33.2 Å². The van der Waals surface area contributed by atoms with Gasteiger partial charge in [-0.05, 0) is 43.2 Å². The fraction of sp³-hybridized carbons (Fsp3) is 0.227. The first-order chi connectivity index (χ1) is 13.6. The molecule has 0 saturated carbocycles. The zero-order valence-electron chi connectivity index (χ0n) is 16.0. The van der Waals surface area contributed by atoms with E-state index in [9.17, 15) is 4.79 Å². The van der Waals surface area contributed by atoms with Crippen LogP contribution < -0.4 is 5.32 Å². The van der Waals surface area contributed by atoms with Gasteiger partial charge in [-0.3, -0.25) is 4.79 Å². The number of benzene rings is 1. The second kappa shape index (κ2) is 7.68. The molecule has 6 heteroatoms. The summed E-state index contributed by atoms with van der Waals surface area (Å²) in [6, 6.07) is 14.0. The van der Waals surface area contributed by atoms with E-state index in [1.54, 1.807) is 6.20 Å². The van der Waals surface area contributed by atoms with Gasteiger partial charge in [0.2, 0.25) is 11.8 Å². The Bertz CT molecular complexity index is 1110. The number of carbonyl (C=O) groups is 1. The van der Waals surface area contributed by atoms with Crippen LogP contribution >= 0.6 is 0 Å². The first kappa shape index (κ1) is 18.0. The van der Waals surface area contributed by atoms with Gasteiger partial charge in [0.15, 0.2) is 0 Å². The number of carbonyl (C=O) groups excluding carboxylic acids is 1. The summed E-state index contributed by atoms with van der Waals surface area (Å²) in [6.07, 6.45) is 4.88. The number of hydrogen-bond donors (Lipinski definition) is 1. The van der Waals surface area contributed by atoms with Crippen molar-refractivity contribution in [3.63, 3.8) is 0 Å². The van der Waals surface area contributed by atoms with Gasteiger partial charge in [-0.2, -0.15) is 0 Å². The smallest absolute Gasteiger partial charge is 0.226 e. The van der Waals surface area contributed by atoms with Gasteiger partial charge in [0.05, 0.1) is 30.4 Å². The van der Waals surface area contributed by atoms with Gasteiger partial charge in [0.25, 0.3) is 0 Å². The highest BCUT2D eigenvalue weighted by Gasteiger charge is 2.15. The predicted octanol–water partition coefficient (Wildman–Crippen LogP) is 3.72. The standard InChI is InChI=1S/C22H22N4O2/c1-3-16-7-9-17(10-8-16)22-25-19(15(2)28-22)12-21(27)24-14-20-23-13-18-6-4-5-11-26(18)20/h4-11,13H,3,12,14H2,1-2H3,(H,24,27). The van der Waals surface area contributed by atoms with E-state index in [4.69, 9.17) is 4.42 Å². The number of nitrogens with one attached hydrogen (secondary N) is 1. The summed E-state index contributed by atoms with van der Waals surface area (Å²) in [4.78, 5) is 21.3. The number of imidazole rings is 1. The van der Waals surface area contributed by atoms with Gasteiger partial charge < -0.3 is 14.1 Å². The summed E-state index contributed by atoms with van der Waals surface area (Å²) in [6.45, 7) is 4.31. The molecule has 0 spiro atoms. The second-order valence-electron chi connectivity index (χ2n) is 6.70. The average molecular weight is 374 g/mol. The molecule has 0 atom stereocenters. The lowest BCUT2D eigenvalue weighted by Crippen LogP contribution is -2.26. The van der Waals surface area contributed by atoms with Crippen LogP contribution in [0.5, 0.6) is 0 Å². The van der Waals surface area contributed by atoms with Crippen molar-refractivity contribution >= 4 is 11.4 Å². The normalized spacial score (nSPS) is 11.1. The topological polar surface area (TPSA) is 72.4 Å². The lowest BCUT2D eigenvalue weighted by Gasteiger charge is -2.04. The molecule has 4 aromatic rings.